The van der Waals surface area contributed by atoms with Crippen molar-refractivity contribution in [2.45, 2.75) is 19.8 Å². The van der Waals surface area contributed by atoms with E-state index in [0.29, 0.717) is 11.5 Å². The molecule has 2 N–H and O–H groups in total. The highest BCUT2D eigenvalue weighted by Crippen LogP contribution is 2.21. The Balaban J connectivity index is 1.98. The van der Waals surface area contributed by atoms with Crippen molar-refractivity contribution >= 4 is 33.3 Å². The fraction of sp³-hybridized carbons (Fsp3) is 0.267. The number of carbonyl (C=O) groups excluding carboxylic acids is 1. The van der Waals surface area contributed by atoms with Gasteiger partial charge in [0.05, 0.1) is 5.69 Å². The summed E-state index contributed by atoms with van der Waals surface area (Å²) < 4.78 is 0.823. The molecule has 0 aliphatic carbocycles. The standard InChI is InChI=1S/C15H17BrN4O/c1-2-3-10-17-14-9-8-13(19-20-14)15(21)18-12-7-5-4-6-11(12)16/h4-9H,2-3,10H2,1H3,(H,17,20)(H,18,21). The van der Waals surface area contributed by atoms with Gasteiger partial charge in [-0.1, -0.05) is 25.5 Å². The number of para-hydroxylation sites is 1. The van der Waals surface area contributed by atoms with E-state index in [4.69, 9.17) is 0 Å². The van der Waals surface area contributed by atoms with E-state index in [1.54, 1.807) is 12.1 Å². The predicted molar refractivity (Wildman–Crippen MR) is 87.5 cm³/mol. The van der Waals surface area contributed by atoms with Gasteiger partial charge in [-0.25, -0.2) is 0 Å². The molecule has 0 spiro atoms. The molecule has 0 bridgehead atoms. The van der Waals surface area contributed by atoms with Crippen LogP contribution in [0.1, 0.15) is 30.3 Å². The number of carbonyl (C=O) groups is 1. The van der Waals surface area contributed by atoms with E-state index in [-0.39, 0.29) is 11.6 Å². The normalized spacial score (nSPS) is 10.2. The number of halogens is 1. The van der Waals surface area contributed by atoms with Crippen molar-refractivity contribution in [1.82, 2.24) is 10.2 Å². The molecule has 6 heteroatoms. The van der Waals surface area contributed by atoms with E-state index in [1.165, 1.54) is 0 Å². The number of nitrogens with one attached hydrogen (secondary N) is 2. The van der Waals surface area contributed by atoms with E-state index >= 15 is 0 Å². The van der Waals surface area contributed by atoms with Gasteiger partial charge in [0.2, 0.25) is 0 Å². The van der Waals surface area contributed by atoms with Crippen LogP contribution in [-0.4, -0.2) is 22.6 Å². The third-order valence-electron chi connectivity index (χ3n) is 2.86. The van der Waals surface area contributed by atoms with Crippen molar-refractivity contribution < 1.29 is 4.79 Å². The molecule has 1 aromatic carbocycles. The summed E-state index contributed by atoms with van der Waals surface area (Å²) in [5, 5.41) is 13.9. The molecule has 5 nitrogen and oxygen atoms in total. The molecule has 2 aromatic rings. The summed E-state index contributed by atoms with van der Waals surface area (Å²) in [4.78, 5) is 12.1. The number of unbranched alkanes of at least 4 members (excludes halogenated alkanes) is 1. The Morgan fingerprint density at radius 1 is 1.19 bits per heavy atom. The lowest BCUT2D eigenvalue weighted by atomic mass is 10.3. The largest absolute Gasteiger partial charge is 0.369 e. The Kier molecular flexibility index (Phi) is 5.68. The Bertz CT molecular complexity index is 601. The van der Waals surface area contributed by atoms with Crippen molar-refractivity contribution in [2.24, 2.45) is 0 Å². The summed E-state index contributed by atoms with van der Waals surface area (Å²) in [6, 6.07) is 10.8. The number of nitrogens with zero attached hydrogens (tertiary/aromatic N) is 2. The van der Waals surface area contributed by atoms with Crippen molar-refractivity contribution in [2.75, 3.05) is 17.2 Å². The van der Waals surface area contributed by atoms with Crippen LogP contribution in [0, 0.1) is 0 Å². The summed E-state index contributed by atoms with van der Waals surface area (Å²) in [5.41, 5.74) is 0.987. The molecule has 0 radical (unpaired) electrons. The van der Waals surface area contributed by atoms with Crippen molar-refractivity contribution in [3.05, 3.63) is 46.6 Å². The number of aromatic nitrogens is 2. The smallest absolute Gasteiger partial charge is 0.276 e. The number of rotatable bonds is 6. The highest BCUT2D eigenvalue weighted by Gasteiger charge is 2.10. The first-order valence-corrected chi connectivity index (χ1v) is 7.63. The van der Waals surface area contributed by atoms with Crippen LogP contribution in [-0.2, 0) is 0 Å². The third-order valence-corrected chi connectivity index (χ3v) is 3.55. The minimum absolute atomic E-state index is 0.283. The molecular weight excluding hydrogens is 332 g/mol. The maximum atomic E-state index is 12.1. The summed E-state index contributed by atoms with van der Waals surface area (Å²) in [6.45, 7) is 2.98. The first-order chi connectivity index (χ1) is 10.2. The minimum atomic E-state index is -0.283. The number of amides is 1. The van der Waals surface area contributed by atoms with Crippen LogP contribution in [0.15, 0.2) is 40.9 Å². The van der Waals surface area contributed by atoms with Gasteiger partial charge in [-0.3, -0.25) is 4.79 Å². The number of anilines is 2. The average Bonchev–Trinajstić information content (AvgIpc) is 2.50. The molecule has 0 saturated heterocycles. The van der Waals surface area contributed by atoms with Gasteiger partial charge < -0.3 is 10.6 Å². The second-order valence-electron chi connectivity index (χ2n) is 4.52. The summed E-state index contributed by atoms with van der Waals surface area (Å²) in [7, 11) is 0. The van der Waals surface area contributed by atoms with E-state index in [9.17, 15) is 4.79 Å². The van der Waals surface area contributed by atoms with Crippen LogP contribution in [0.3, 0.4) is 0 Å². The molecule has 0 unspecified atom stereocenters. The Morgan fingerprint density at radius 2 is 2.00 bits per heavy atom. The highest BCUT2D eigenvalue weighted by atomic mass is 79.9. The second kappa shape index (κ2) is 7.73. The molecule has 0 aliphatic heterocycles. The van der Waals surface area contributed by atoms with Gasteiger partial charge in [0.25, 0.3) is 5.91 Å². The Hall–Kier alpha value is -1.95. The molecule has 2 rings (SSSR count). The first kappa shape index (κ1) is 15.4. The van der Waals surface area contributed by atoms with E-state index in [0.717, 1.165) is 23.9 Å². The lowest BCUT2D eigenvalue weighted by Gasteiger charge is -2.07. The zero-order valence-corrected chi connectivity index (χ0v) is 13.4. The maximum absolute atomic E-state index is 12.1. The first-order valence-electron chi connectivity index (χ1n) is 6.84. The van der Waals surface area contributed by atoms with Gasteiger partial charge in [-0.05, 0) is 46.6 Å². The van der Waals surface area contributed by atoms with Crippen LogP contribution < -0.4 is 10.6 Å². The molecule has 1 amide bonds. The van der Waals surface area contributed by atoms with E-state index in [2.05, 4.69) is 43.7 Å². The molecule has 110 valence electrons. The van der Waals surface area contributed by atoms with Crippen molar-refractivity contribution in [1.29, 1.82) is 0 Å². The summed E-state index contributed by atoms with van der Waals surface area (Å²) >= 11 is 3.38. The van der Waals surface area contributed by atoms with Gasteiger partial charge >= 0.3 is 0 Å². The minimum Gasteiger partial charge on any atom is -0.369 e. The number of hydrogen-bond donors (Lipinski definition) is 2. The van der Waals surface area contributed by atoms with Crippen LogP contribution in [0.4, 0.5) is 11.5 Å². The van der Waals surface area contributed by atoms with Gasteiger partial charge in [-0.2, -0.15) is 0 Å². The molecule has 21 heavy (non-hydrogen) atoms. The summed E-state index contributed by atoms with van der Waals surface area (Å²) in [5.74, 6) is 0.399. The predicted octanol–water partition coefficient (Wildman–Crippen LogP) is 3.70. The molecule has 0 atom stereocenters. The third kappa shape index (κ3) is 4.53. The quantitative estimate of drug-likeness (QED) is 0.781. The maximum Gasteiger partial charge on any atom is 0.276 e. The lowest BCUT2D eigenvalue weighted by Crippen LogP contribution is -2.15. The summed E-state index contributed by atoms with van der Waals surface area (Å²) in [6.07, 6.45) is 2.19. The van der Waals surface area contributed by atoms with Crippen LogP contribution in [0.25, 0.3) is 0 Å². The molecular formula is C15H17BrN4O. The second-order valence-corrected chi connectivity index (χ2v) is 5.37. The molecule has 1 aromatic heterocycles. The van der Waals surface area contributed by atoms with Crippen molar-refractivity contribution in [3.8, 4) is 0 Å². The monoisotopic (exact) mass is 348 g/mol. The highest BCUT2D eigenvalue weighted by molar-refractivity contribution is 9.10. The lowest BCUT2D eigenvalue weighted by molar-refractivity contribution is 0.102. The number of hydrogen-bond acceptors (Lipinski definition) is 4. The molecule has 0 saturated carbocycles. The van der Waals surface area contributed by atoms with Crippen LogP contribution in [0.5, 0.6) is 0 Å². The molecule has 0 aliphatic rings. The topological polar surface area (TPSA) is 66.9 Å². The fourth-order valence-corrected chi connectivity index (χ4v) is 2.07. The van der Waals surface area contributed by atoms with E-state index < -0.39 is 0 Å². The van der Waals surface area contributed by atoms with Crippen LogP contribution in [0.2, 0.25) is 0 Å². The number of benzene rings is 1. The van der Waals surface area contributed by atoms with Gasteiger partial charge in [0, 0.05) is 11.0 Å². The van der Waals surface area contributed by atoms with Gasteiger partial charge in [-0.15, -0.1) is 10.2 Å². The fourth-order valence-electron chi connectivity index (χ4n) is 1.69. The zero-order valence-electron chi connectivity index (χ0n) is 11.8. The van der Waals surface area contributed by atoms with Crippen LogP contribution >= 0.6 is 15.9 Å². The van der Waals surface area contributed by atoms with Crippen molar-refractivity contribution in [3.63, 3.8) is 0 Å². The zero-order chi connectivity index (χ0) is 15.1. The Labute approximate surface area is 132 Å². The molecule has 0 fully saturated rings. The van der Waals surface area contributed by atoms with Gasteiger partial charge in [0.15, 0.2) is 5.69 Å². The average molecular weight is 349 g/mol. The van der Waals surface area contributed by atoms with E-state index in [1.807, 2.05) is 24.3 Å². The Morgan fingerprint density at radius 3 is 2.67 bits per heavy atom. The SMILES string of the molecule is CCCCNc1ccc(C(=O)Nc2ccccc2Br)nn1. The molecule has 1 heterocycles. The van der Waals surface area contributed by atoms with Gasteiger partial charge in [0.1, 0.15) is 5.82 Å².